The zero-order valence-electron chi connectivity index (χ0n) is 13.5. The Labute approximate surface area is 141 Å². The molecule has 0 aliphatic heterocycles. The first kappa shape index (κ1) is 17.2. The van der Waals surface area contributed by atoms with Crippen LogP contribution in [0.15, 0.2) is 48.5 Å². The molecule has 0 atom stereocenters. The molecule has 23 heavy (non-hydrogen) atoms. The van der Waals surface area contributed by atoms with Crippen LogP contribution in [0.5, 0.6) is 5.75 Å². The molecule has 0 aliphatic rings. The van der Waals surface area contributed by atoms with Crippen molar-refractivity contribution in [1.29, 1.82) is 0 Å². The van der Waals surface area contributed by atoms with Crippen molar-refractivity contribution in [2.24, 2.45) is 0 Å². The van der Waals surface area contributed by atoms with E-state index >= 15 is 0 Å². The van der Waals surface area contributed by atoms with Gasteiger partial charge >= 0.3 is 0 Å². The number of nitrogens with zero attached hydrogens (tertiary/aromatic N) is 1. The molecule has 5 heteroatoms. The number of ether oxygens (including phenoxy) is 1. The van der Waals surface area contributed by atoms with Gasteiger partial charge in [0.05, 0.1) is 0 Å². The molecular formula is C18H21ClN2O2. The van der Waals surface area contributed by atoms with Gasteiger partial charge in [0, 0.05) is 22.9 Å². The summed E-state index contributed by atoms with van der Waals surface area (Å²) in [5, 5.41) is 0.634. The zero-order valence-corrected chi connectivity index (χ0v) is 14.3. The number of amides is 1. The molecule has 0 bridgehead atoms. The summed E-state index contributed by atoms with van der Waals surface area (Å²) in [7, 11) is 0. The fourth-order valence-electron chi connectivity index (χ4n) is 2.26. The third-order valence-electron chi connectivity index (χ3n) is 3.47. The average molecular weight is 333 g/mol. The van der Waals surface area contributed by atoms with Crippen molar-refractivity contribution in [2.75, 3.05) is 17.2 Å². The van der Waals surface area contributed by atoms with E-state index in [9.17, 15) is 4.79 Å². The Morgan fingerprint density at radius 3 is 2.22 bits per heavy atom. The quantitative estimate of drug-likeness (QED) is 0.837. The van der Waals surface area contributed by atoms with Crippen molar-refractivity contribution in [1.82, 2.24) is 0 Å². The standard InChI is InChI=1S/C18H21ClN2O2/c1-4-21(15-9-5-13(19)6-10-15)17(22)18(2,3)23-16-11-7-14(20)8-12-16/h5-12H,4,20H2,1-3H3. The predicted molar refractivity (Wildman–Crippen MR) is 95.0 cm³/mol. The molecule has 1 amide bonds. The van der Waals surface area contributed by atoms with Gasteiger partial charge in [-0.3, -0.25) is 4.79 Å². The van der Waals surface area contributed by atoms with E-state index in [1.807, 2.05) is 19.1 Å². The highest BCUT2D eigenvalue weighted by Crippen LogP contribution is 2.25. The topological polar surface area (TPSA) is 55.6 Å². The van der Waals surface area contributed by atoms with Crippen LogP contribution in [0.4, 0.5) is 11.4 Å². The van der Waals surface area contributed by atoms with Crippen molar-refractivity contribution in [3.8, 4) is 5.75 Å². The maximum absolute atomic E-state index is 12.9. The van der Waals surface area contributed by atoms with Crippen LogP contribution < -0.4 is 15.4 Å². The smallest absolute Gasteiger partial charge is 0.270 e. The van der Waals surface area contributed by atoms with Crippen LogP contribution in [-0.2, 0) is 4.79 Å². The van der Waals surface area contributed by atoms with Gasteiger partial charge in [-0.25, -0.2) is 0 Å². The first-order chi connectivity index (χ1) is 10.8. The van der Waals surface area contributed by atoms with Crippen LogP contribution in [0.2, 0.25) is 5.02 Å². The number of hydrogen-bond donors (Lipinski definition) is 1. The SMILES string of the molecule is CCN(C(=O)C(C)(C)Oc1ccc(N)cc1)c1ccc(Cl)cc1. The lowest BCUT2D eigenvalue weighted by Gasteiger charge is -2.32. The molecule has 2 rings (SSSR count). The Hall–Kier alpha value is -2.20. The van der Waals surface area contributed by atoms with Gasteiger partial charge in [0.2, 0.25) is 0 Å². The molecule has 0 heterocycles. The van der Waals surface area contributed by atoms with Crippen molar-refractivity contribution < 1.29 is 9.53 Å². The first-order valence-electron chi connectivity index (χ1n) is 7.45. The highest BCUT2D eigenvalue weighted by molar-refractivity contribution is 6.30. The average Bonchev–Trinajstić information content (AvgIpc) is 2.52. The van der Waals surface area contributed by atoms with Crippen molar-refractivity contribution in [3.63, 3.8) is 0 Å². The number of nitrogens with two attached hydrogens (primary N) is 1. The van der Waals surface area contributed by atoms with Crippen LogP contribution in [-0.4, -0.2) is 18.1 Å². The summed E-state index contributed by atoms with van der Waals surface area (Å²) in [5.74, 6) is 0.476. The lowest BCUT2D eigenvalue weighted by atomic mass is 10.1. The summed E-state index contributed by atoms with van der Waals surface area (Å²) in [6, 6.07) is 14.2. The van der Waals surface area contributed by atoms with E-state index in [4.69, 9.17) is 22.1 Å². The van der Waals surface area contributed by atoms with Crippen LogP contribution in [0.1, 0.15) is 20.8 Å². The summed E-state index contributed by atoms with van der Waals surface area (Å²) in [6.45, 7) is 5.97. The second kappa shape index (κ2) is 6.92. The Morgan fingerprint density at radius 1 is 1.13 bits per heavy atom. The Bertz CT molecular complexity index is 666. The number of anilines is 2. The lowest BCUT2D eigenvalue weighted by molar-refractivity contribution is -0.131. The highest BCUT2D eigenvalue weighted by atomic mass is 35.5. The minimum Gasteiger partial charge on any atom is -0.478 e. The second-order valence-electron chi connectivity index (χ2n) is 5.71. The summed E-state index contributed by atoms with van der Waals surface area (Å²) >= 11 is 5.91. The number of halogens is 1. The molecule has 2 aromatic carbocycles. The van der Waals surface area contributed by atoms with Gasteiger partial charge in [-0.2, -0.15) is 0 Å². The van der Waals surface area contributed by atoms with E-state index in [0.29, 0.717) is 23.0 Å². The molecule has 0 saturated carbocycles. The number of likely N-dealkylation sites (N-methyl/N-ethyl adjacent to an activating group) is 1. The van der Waals surface area contributed by atoms with Crippen LogP contribution in [0, 0.1) is 0 Å². The molecule has 122 valence electrons. The van der Waals surface area contributed by atoms with Gasteiger partial charge in [0.15, 0.2) is 5.60 Å². The molecule has 2 N–H and O–H groups in total. The molecule has 0 fully saturated rings. The Kier molecular flexibility index (Phi) is 5.16. The zero-order chi connectivity index (χ0) is 17.0. The van der Waals surface area contributed by atoms with Crippen molar-refractivity contribution >= 4 is 28.9 Å². The maximum Gasteiger partial charge on any atom is 0.270 e. The summed E-state index contributed by atoms with van der Waals surface area (Å²) in [6.07, 6.45) is 0. The molecular weight excluding hydrogens is 312 g/mol. The molecule has 0 aliphatic carbocycles. The van der Waals surface area contributed by atoms with Crippen LogP contribution >= 0.6 is 11.6 Å². The number of benzene rings is 2. The van der Waals surface area contributed by atoms with Gasteiger partial charge < -0.3 is 15.4 Å². The van der Waals surface area contributed by atoms with E-state index in [1.165, 1.54) is 0 Å². The molecule has 0 unspecified atom stereocenters. The summed E-state index contributed by atoms with van der Waals surface area (Å²) < 4.78 is 5.87. The van der Waals surface area contributed by atoms with Gasteiger partial charge in [-0.15, -0.1) is 0 Å². The van der Waals surface area contributed by atoms with Crippen LogP contribution in [0.3, 0.4) is 0 Å². The molecule has 2 aromatic rings. The lowest BCUT2D eigenvalue weighted by Crippen LogP contribution is -2.49. The molecule has 0 radical (unpaired) electrons. The number of rotatable bonds is 5. The number of carbonyl (C=O) groups is 1. The van der Waals surface area contributed by atoms with E-state index in [0.717, 1.165) is 5.69 Å². The van der Waals surface area contributed by atoms with Crippen molar-refractivity contribution in [3.05, 3.63) is 53.6 Å². The Balaban J connectivity index is 2.20. The van der Waals surface area contributed by atoms with Gasteiger partial charge in [-0.05, 0) is 69.3 Å². The fraction of sp³-hybridized carbons (Fsp3) is 0.278. The van der Waals surface area contributed by atoms with Gasteiger partial charge in [0.1, 0.15) is 5.75 Å². The van der Waals surface area contributed by atoms with Gasteiger partial charge in [-0.1, -0.05) is 11.6 Å². The first-order valence-corrected chi connectivity index (χ1v) is 7.83. The van der Waals surface area contributed by atoms with Gasteiger partial charge in [0.25, 0.3) is 5.91 Å². The predicted octanol–water partition coefficient (Wildman–Crippen LogP) is 4.13. The number of nitrogen functional groups attached to an aromatic ring is 1. The molecule has 0 aromatic heterocycles. The summed E-state index contributed by atoms with van der Waals surface area (Å²) in [5.41, 5.74) is 6.10. The largest absolute Gasteiger partial charge is 0.478 e. The number of carbonyl (C=O) groups excluding carboxylic acids is 1. The Morgan fingerprint density at radius 2 is 1.70 bits per heavy atom. The monoisotopic (exact) mass is 332 g/mol. The van der Waals surface area contributed by atoms with E-state index < -0.39 is 5.60 Å². The minimum absolute atomic E-state index is 0.126. The maximum atomic E-state index is 12.9. The van der Waals surface area contributed by atoms with E-state index in [1.54, 1.807) is 55.1 Å². The van der Waals surface area contributed by atoms with E-state index in [2.05, 4.69) is 0 Å². The number of hydrogen-bond acceptors (Lipinski definition) is 3. The molecule has 0 saturated heterocycles. The normalized spacial score (nSPS) is 11.1. The molecule has 0 spiro atoms. The highest BCUT2D eigenvalue weighted by Gasteiger charge is 2.34. The van der Waals surface area contributed by atoms with E-state index in [-0.39, 0.29) is 5.91 Å². The second-order valence-corrected chi connectivity index (χ2v) is 6.14. The molecule has 4 nitrogen and oxygen atoms in total. The summed E-state index contributed by atoms with van der Waals surface area (Å²) in [4.78, 5) is 14.6. The fourth-order valence-corrected chi connectivity index (χ4v) is 2.39. The third kappa shape index (κ3) is 4.17. The van der Waals surface area contributed by atoms with Crippen LogP contribution in [0.25, 0.3) is 0 Å². The minimum atomic E-state index is -1.01. The van der Waals surface area contributed by atoms with Crippen molar-refractivity contribution in [2.45, 2.75) is 26.4 Å². The third-order valence-corrected chi connectivity index (χ3v) is 3.72.